The van der Waals surface area contributed by atoms with Crippen molar-refractivity contribution in [3.63, 3.8) is 0 Å². The van der Waals surface area contributed by atoms with Gasteiger partial charge in [0.05, 0.1) is 17.1 Å². The summed E-state index contributed by atoms with van der Waals surface area (Å²) >= 11 is 0. The highest BCUT2D eigenvalue weighted by atomic mass is 35.5. The predicted molar refractivity (Wildman–Crippen MR) is 68.6 cm³/mol. The minimum Gasteiger partial charge on any atom is -0.327 e. The maximum atomic E-state index is 5.92. The van der Waals surface area contributed by atoms with Gasteiger partial charge >= 0.3 is 0 Å². The summed E-state index contributed by atoms with van der Waals surface area (Å²) < 4.78 is 1.93. The van der Waals surface area contributed by atoms with Gasteiger partial charge in [0.1, 0.15) is 0 Å². The van der Waals surface area contributed by atoms with Crippen LogP contribution in [0.25, 0.3) is 5.69 Å². The molecule has 0 radical (unpaired) electrons. The summed E-state index contributed by atoms with van der Waals surface area (Å²) in [5, 5.41) is 8.43. The molecule has 2 N–H and O–H groups in total. The van der Waals surface area contributed by atoms with Crippen molar-refractivity contribution in [2.75, 3.05) is 0 Å². The molecule has 1 aromatic heterocycles. The van der Waals surface area contributed by atoms with Crippen LogP contribution >= 0.6 is 12.4 Å². The molecule has 1 heterocycles. The number of nitrogens with two attached hydrogens (primary N) is 1. The number of aromatic nitrogens is 3. The molecule has 0 fully saturated rings. The topological polar surface area (TPSA) is 56.7 Å². The summed E-state index contributed by atoms with van der Waals surface area (Å²) in [5.74, 6) is 0. The zero-order valence-corrected chi connectivity index (χ0v) is 10.2. The molecule has 5 heteroatoms. The molecule has 1 unspecified atom stereocenters. The van der Waals surface area contributed by atoms with E-state index in [0.717, 1.165) is 30.6 Å². The molecule has 1 aliphatic carbocycles. The van der Waals surface area contributed by atoms with E-state index in [0.29, 0.717) is 0 Å². The Kier molecular flexibility index (Phi) is 3.45. The summed E-state index contributed by atoms with van der Waals surface area (Å²) in [6.07, 6.45) is 2.84. The monoisotopic (exact) mass is 250 g/mol. The summed E-state index contributed by atoms with van der Waals surface area (Å²) in [6, 6.07) is 10.4. The number of fused-ring (bicyclic) bond motifs is 1. The van der Waals surface area contributed by atoms with Gasteiger partial charge in [-0.25, -0.2) is 4.68 Å². The Morgan fingerprint density at radius 1 is 1.24 bits per heavy atom. The highest BCUT2D eigenvalue weighted by Gasteiger charge is 2.21. The Balaban J connectivity index is 0.00000108. The molecule has 1 aliphatic rings. The van der Waals surface area contributed by atoms with Crippen LogP contribution in [0.5, 0.6) is 0 Å². The first-order valence-corrected chi connectivity index (χ1v) is 5.59. The molecule has 0 aliphatic heterocycles. The van der Waals surface area contributed by atoms with Gasteiger partial charge < -0.3 is 5.73 Å². The maximum Gasteiger partial charge on any atom is 0.0879 e. The molecule has 1 atom stereocenters. The zero-order chi connectivity index (χ0) is 11.0. The number of halogens is 1. The van der Waals surface area contributed by atoms with Crippen LogP contribution in [0.1, 0.15) is 17.8 Å². The molecular weight excluding hydrogens is 236 g/mol. The second-order valence-electron chi connectivity index (χ2n) is 4.23. The number of benzene rings is 1. The quantitative estimate of drug-likeness (QED) is 0.835. The lowest BCUT2D eigenvalue weighted by molar-refractivity contribution is 0.559. The van der Waals surface area contributed by atoms with E-state index in [2.05, 4.69) is 10.3 Å². The second-order valence-corrected chi connectivity index (χ2v) is 4.23. The van der Waals surface area contributed by atoms with Gasteiger partial charge in [-0.15, -0.1) is 17.5 Å². The van der Waals surface area contributed by atoms with Crippen molar-refractivity contribution in [1.29, 1.82) is 0 Å². The van der Waals surface area contributed by atoms with Crippen LogP contribution in [0.4, 0.5) is 0 Å². The third-order valence-corrected chi connectivity index (χ3v) is 3.05. The number of para-hydroxylation sites is 1. The number of hydrogen-bond donors (Lipinski definition) is 1. The normalized spacial score (nSPS) is 18.3. The van der Waals surface area contributed by atoms with Crippen LogP contribution in [-0.2, 0) is 12.8 Å². The van der Waals surface area contributed by atoms with Gasteiger partial charge in [-0.3, -0.25) is 0 Å². The minimum atomic E-state index is 0. The van der Waals surface area contributed by atoms with Crippen LogP contribution in [0, 0.1) is 0 Å². The predicted octanol–water partition coefficient (Wildman–Crippen LogP) is 1.51. The first-order valence-electron chi connectivity index (χ1n) is 5.59. The fourth-order valence-electron chi connectivity index (χ4n) is 2.19. The lowest BCUT2D eigenvalue weighted by Crippen LogP contribution is -2.28. The van der Waals surface area contributed by atoms with Crippen molar-refractivity contribution < 1.29 is 0 Å². The van der Waals surface area contributed by atoms with Gasteiger partial charge in [0.2, 0.25) is 0 Å². The Hall–Kier alpha value is -1.39. The third kappa shape index (κ3) is 2.18. The van der Waals surface area contributed by atoms with E-state index in [1.807, 2.05) is 35.0 Å². The van der Waals surface area contributed by atoms with E-state index in [1.54, 1.807) is 0 Å². The van der Waals surface area contributed by atoms with Crippen molar-refractivity contribution >= 4 is 12.4 Å². The SMILES string of the molecule is Cl.NC1CCc2c(nnn2-c2ccccc2)C1. The van der Waals surface area contributed by atoms with Gasteiger partial charge in [-0.1, -0.05) is 23.4 Å². The molecule has 0 saturated heterocycles. The van der Waals surface area contributed by atoms with Crippen molar-refractivity contribution in [2.24, 2.45) is 5.73 Å². The zero-order valence-electron chi connectivity index (χ0n) is 9.41. The highest BCUT2D eigenvalue weighted by Crippen LogP contribution is 2.20. The van der Waals surface area contributed by atoms with E-state index in [-0.39, 0.29) is 18.4 Å². The Bertz CT molecular complexity index is 494. The Morgan fingerprint density at radius 2 is 2.00 bits per heavy atom. The van der Waals surface area contributed by atoms with Crippen molar-refractivity contribution in [1.82, 2.24) is 15.0 Å². The fourth-order valence-corrected chi connectivity index (χ4v) is 2.19. The molecule has 4 nitrogen and oxygen atoms in total. The van der Waals surface area contributed by atoms with Crippen LogP contribution in [0.3, 0.4) is 0 Å². The lowest BCUT2D eigenvalue weighted by atomic mass is 9.96. The minimum absolute atomic E-state index is 0. The smallest absolute Gasteiger partial charge is 0.0879 e. The third-order valence-electron chi connectivity index (χ3n) is 3.05. The molecule has 17 heavy (non-hydrogen) atoms. The average Bonchev–Trinajstić information content (AvgIpc) is 2.73. The molecule has 1 aromatic carbocycles. The molecule has 0 amide bonds. The summed E-state index contributed by atoms with van der Waals surface area (Å²) in [5.41, 5.74) is 9.27. The van der Waals surface area contributed by atoms with Crippen LogP contribution in [0.15, 0.2) is 30.3 Å². The van der Waals surface area contributed by atoms with Gasteiger partial charge in [0, 0.05) is 12.5 Å². The molecule has 90 valence electrons. The molecule has 0 saturated carbocycles. The van der Waals surface area contributed by atoms with E-state index in [4.69, 9.17) is 5.73 Å². The van der Waals surface area contributed by atoms with Crippen LogP contribution < -0.4 is 5.73 Å². The van der Waals surface area contributed by atoms with Crippen molar-refractivity contribution in [3.8, 4) is 5.69 Å². The largest absolute Gasteiger partial charge is 0.327 e. The Labute approximate surface area is 106 Å². The number of hydrogen-bond acceptors (Lipinski definition) is 3. The molecule has 2 aromatic rings. The summed E-state index contributed by atoms with van der Waals surface area (Å²) in [6.45, 7) is 0. The van der Waals surface area contributed by atoms with Gasteiger partial charge in [0.25, 0.3) is 0 Å². The first-order chi connectivity index (χ1) is 7.84. The van der Waals surface area contributed by atoms with Gasteiger partial charge in [-0.05, 0) is 25.0 Å². The highest BCUT2D eigenvalue weighted by molar-refractivity contribution is 5.85. The van der Waals surface area contributed by atoms with E-state index in [1.165, 1.54) is 5.69 Å². The molecule has 0 bridgehead atoms. The van der Waals surface area contributed by atoms with Crippen LogP contribution in [0.2, 0.25) is 0 Å². The number of rotatable bonds is 1. The first kappa shape index (κ1) is 12.1. The lowest BCUT2D eigenvalue weighted by Gasteiger charge is -2.17. The van der Waals surface area contributed by atoms with Gasteiger partial charge in [-0.2, -0.15) is 0 Å². The fraction of sp³-hybridized carbons (Fsp3) is 0.333. The maximum absolute atomic E-state index is 5.92. The van der Waals surface area contributed by atoms with E-state index >= 15 is 0 Å². The van der Waals surface area contributed by atoms with E-state index < -0.39 is 0 Å². The molecule has 0 spiro atoms. The second kappa shape index (κ2) is 4.85. The van der Waals surface area contributed by atoms with Crippen molar-refractivity contribution in [2.45, 2.75) is 25.3 Å². The summed E-state index contributed by atoms with van der Waals surface area (Å²) in [4.78, 5) is 0. The van der Waals surface area contributed by atoms with Crippen LogP contribution in [-0.4, -0.2) is 21.0 Å². The molecule has 3 rings (SSSR count). The van der Waals surface area contributed by atoms with Crippen molar-refractivity contribution in [3.05, 3.63) is 41.7 Å². The molecular formula is C12H15ClN4. The average molecular weight is 251 g/mol. The standard InChI is InChI=1S/C12H14N4.ClH/c13-9-6-7-12-11(8-9)14-15-16(12)10-4-2-1-3-5-10;/h1-5,9H,6-8,13H2;1H. The van der Waals surface area contributed by atoms with Gasteiger partial charge in [0.15, 0.2) is 0 Å². The number of nitrogens with zero attached hydrogens (tertiary/aromatic N) is 3. The Morgan fingerprint density at radius 3 is 2.76 bits per heavy atom. The van der Waals surface area contributed by atoms with E-state index in [9.17, 15) is 0 Å². The summed E-state index contributed by atoms with van der Waals surface area (Å²) in [7, 11) is 0.